The number of aliphatic hydroxyl groups is 1. The highest BCUT2D eigenvalue weighted by Gasteiger charge is 2.70. The van der Waals surface area contributed by atoms with Gasteiger partial charge in [-0.15, -0.1) is 0 Å². The van der Waals surface area contributed by atoms with Crippen LogP contribution >= 0.6 is 0 Å². The summed E-state index contributed by atoms with van der Waals surface area (Å²) in [7, 11) is 0. The van der Waals surface area contributed by atoms with E-state index in [1.807, 2.05) is 0 Å². The van der Waals surface area contributed by atoms with E-state index in [9.17, 15) is 19.4 Å². The molecule has 1 unspecified atom stereocenters. The summed E-state index contributed by atoms with van der Waals surface area (Å²) in [6, 6.07) is 0. The van der Waals surface area contributed by atoms with Crippen LogP contribution in [0.3, 0.4) is 0 Å². The first-order chi connectivity index (χ1) is 24.3. The summed E-state index contributed by atoms with van der Waals surface area (Å²) < 4.78 is 14.0. The topological polar surface area (TPSA) is 69.6 Å². The molecular formula is C47H72FNO3. The lowest BCUT2D eigenvalue weighted by Gasteiger charge is -2.72. The first-order valence-corrected chi connectivity index (χ1v) is 21.6. The number of halogens is 1. The maximum Gasteiger partial charge on any atom is 0.312 e. The minimum atomic E-state index is -1.24. The molecule has 52 heavy (non-hydrogen) atoms. The third-order valence-corrected chi connectivity index (χ3v) is 19.6. The van der Waals surface area contributed by atoms with Crippen LogP contribution in [0.2, 0.25) is 0 Å². The summed E-state index contributed by atoms with van der Waals surface area (Å²) >= 11 is 0. The van der Waals surface area contributed by atoms with Gasteiger partial charge in [-0.2, -0.15) is 0 Å². The summed E-state index contributed by atoms with van der Waals surface area (Å²) in [6.07, 6.45) is 23.3. The second-order valence-electron chi connectivity index (χ2n) is 22.2. The highest BCUT2D eigenvalue weighted by Crippen LogP contribution is 2.77. The molecule has 0 bridgehead atoms. The quantitative estimate of drug-likeness (QED) is 0.219. The Labute approximate surface area is 315 Å². The predicted octanol–water partition coefficient (Wildman–Crippen LogP) is 11.0. The average molecular weight is 718 g/mol. The Morgan fingerprint density at radius 1 is 0.885 bits per heavy atom. The fourth-order valence-corrected chi connectivity index (χ4v) is 16.3. The SMILES string of the molecule is C=C(C)[C@@H]1CC[C@]2(NCC[C@]34CC[C@](C)(O)CC3C4)CC[C@]3(C)[C@H](CC[C@@H]4[C@@]5(C)CC=C(C6=CC[C@@](CF)(C(=O)O)CC6)C(C)(C)[C@@H]5CC[C@]43C)[C@@H]12. The highest BCUT2D eigenvalue weighted by atomic mass is 19.1. The van der Waals surface area contributed by atoms with Crippen LogP contribution < -0.4 is 5.32 Å². The van der Waals surface area contributed by atoms with E-state index >= 15 is 0 Å². The molecule has 0 spiro atoms. The number of aliphatic carboxylic acids is 1. The molecule has 6 fully saturated rings. The summed E-state index contributed by atoms with van der Waals surface area (Å²) in [5, 5.41) is 24.9. The van der Waals surface area contributed by atoms with Gasteiger partial charge in [0.15, 0.2) is 0 Å². The second kappa shape index (κ2) is 12.0. The Balaban J connectivity index is 1.04. The van der Waals surface area contributed by atoms with E-state index in [-0.39, 0.29) is 16.4 Å². The monoisotopic (exact) mass is 718 g/mol. The normalized spacial score (nSPS) is 51.8. The Bertz CT molecular complexity index is 1560. The van der Waals surface area contributed by atoms with Crippen molar-refractivity contribution in [1.82, 2.24) is 5.32 Å². The van der Waals surface area contributed by atoms with Gasteiger partial charge in [0.05, 0.1) is 11.0 Å². The van der Waals surface area contributed by atoms with Gasteiger partial charge in [-0.3, -0.25) is 4.79 Å². The van der Waals surface area contributed by atoms with Crippen molar-refractivity contribution in [2.75, 3.05) is 13.2 Å². The summed E-state index contributed by atoms with van der Waals surface area (Å²) in [5.41, 5.74) is 3.99. The number of nitrogens with one attached hydrogen (secondary N) is 1. The lowest BCUT2D eigenvalue weighted by Crippen LogP contribution is -2.68. The molecule has 290 valence electrons. The van der Waals surface area contributed by atoms with Gasteiger partial charge in [0.2, 0.25) is 0 Å². The molecule has 0 aromatic carbocycles. The molecule has 8 aliphatic rings. The van der Waals surface area contributed by atoms with Crippen molar-refractivity contribution < 1.29 is 19.4 Å². The molecule has 0 amide bonds. The number of allylic oxidation sites excluding steroid dienone is 5. The number of carbonyl (C=O) groups is 1. The molecule has 0 heterocycles. The molecule has 0 aliphatic heterocycles. The fourth-order valence-electron chi connectivity index (χ4n) is 16.3. The molecule has 3 N–H and O–H groups in total. The minimum Gasteiger partial charge on any atom is -0.481 e. The van der Waals surface area contributed by atoms with Crippen LogP contribution in [0.25, 0.3) is 0 Å². The number of hydrogen-bond donors (Lipinski definition) is 3. The van der Waals surface area contributed by atoms with Gasteiger partial charge >= 0.3 is 5.97 Å². The molecule has 8 rings (SSSR count). The number of fused-ring (bicyclic) bond motifs is 8. The van der Waals surface area contributed by atoms with Crippen molar-refractivity contribution in [2.45, 2.75) is 169 Å². The third kappa shape index (κ3) is 5.18. The maximum absolute atomic E-state index is 14.0. The number of carboxylic acid groups (broad SMARTS) is 1. The van der Waals surface area contributed by atoms with E-state index in [4.69, 9.17) is 0 Å². The summed E-state index contributed by atoms with van der Waals surface area (Å²) in [5.74, 6) is 3.01. The second-order valence-corrected chi connectivity index (χ2v) is 22.2. The number of rotatable bonds is 8. The number of alkyl halides is 1. The molecule has 0 saturated heterocycles. The number of carboxylic acids is 1. The summed E-state index contributed by atoms with van der Waals surface area (Å²) in [6.45, 7) is 22.4. The Kier molecular flexibility index (Phi) is 8.66. The van der Waals surface area contributed by atoms with Gasteiger partial charge in [-0.25, -0.2) is 4.39 Å². The van der Waals surface area contributed by atoms with Crippen molar-refractivity contribution in [3.63, 3.8) is 0 Å². The standard InChI is InChI=1S/C47H72FNO3/c1-30(2)33-13-20-47(49-26-25-45-23-21-41(5,52)27-32(45)28-45)24-22-43(7)35(38(33)47)9-10-37-42(6)16-14-34(40(3,4)36(42)15-17-44(37,43)8)31-11-18-46(29-48,19-12-31)39(50)51/h11,14,32-33,35-38,49,52H,1,9-10,12-13,15-29H2,2-8H3,(H,50,51)/t32?,33-,35+,36-,37+,38+,41-,42-,43+,44+,45-,46+,47-/m0/s1. The van der Waals surface area contributed by atoms with E-state index in [0.29, 0.717) is 59.2 Å². The smallest absolute Gasteiger partial charge is 0.312 e. The largest absolute Gasteiger partial charge is 0.481 e. The third-order valence-electron chi connectivity index (χ3n) is 19.6. The number of hydrogen-bond acceptors (Lipinski definition) is 3. The summed E-state index contributed by atoms with van der Waals surface area (Å²) in [4.78, 5) is 12.0. The first kappa shape index (κ1) is 37.5. The maximum atomic E-state index is 14.0. The van der Waals surface area contributed by atoms with Gasteiger partial charge in [-0.05, 0) is 203 Å². The van der Waals surface area contributed by atoms with Crippen LogP contribution in [0, 0.1) is 68.0 Å². The zero-order chi connectivity index (χ0) is 37.3. The van der Waals surface area contributed by atoms with Crippen LogP contribution in [0.15, 0.2) is 35.5 Å². The van der Waals surface area contributed by atoms with Crippen LogP contribution in [0.1, 0.15) is 158 Å². The van der Waals surface area contributed by atoms with Gasteiger partial charge in [-0.1, -0.05) is 58.9 Å². The van der Waals surface area contributed by atoms with Crippen molar-refractivity contribution in [3.8, 4) is 0 Å². The lowest BCUT2D eigenvalue weighted by atomic mass is 9.33. The van der Waals surface area contributed by atoms with E-state index in [2.05, 4.69) is 72.5 Å². The lowest BCUT2D eigenvalue weighted by molar-refractivity contribution is -0.221. The van der Waals surface area contributed by atoms with Gasteiger partial charge < -0.3 is 15.5 Å². The average Bonchev–Trinajstić information content (AvgIpc) is 3.63. The van der Waals surface area contributed by atoms with Crippen LogP contribution in [0.5, 0.6) is 0 Å². The van der Waals surface area contributed by atoms with Gasteiger partial charge in [0, 0.05) is 5.54 Å². The molecule has 0 aromatic heterocycles. The van der Waals surface area contributed by atoms with Crippen molar-refractivity contribution in [3.05, 3.63) is 35.5 Å². The highest BCUT2D eigenvalue weighted by molar-refractivity contribution is 5.75. The van der Waals surface area contributed by atoms with E-state index in [1.165, 1.54) is 87.3 Å². The van der Waals surface area contributed by atoms with Crippen LogP contribution in [-0.4, -0.2) is 40.5 Å². The zero-order valence-corrected chi connectivity index (χ0v) is 33.9. The van der Waals surface area contributed by atoms with Crippen molar-refractivity contribution in [1.29, 1.82) is 0 Å². The molecule has 8 aliphatic carbocycles. The van der Waals surface area contributed by atoms with Crippen molar-refractivity contribution in [2.24, 2.45) is 68.0 Å². The Morgan fingerprint density at radius 3 is 2.31 bits per heavy atom. The minimum absolute atomic E-state index is 0.00714. The van der Waals surface area contributed by atoms with Gasteiger partial charge in [0.25, 0.3) is 0 Å². The molecule has 6 saturated carbocycles. The molecule has 0 radical (unpaired) electrons. The fraction of sp³-hybridized carbons (Fsp3) is 0.851. The first-order valence-electron chi connectivity index (χ1n) is 21.6. The molecule has 5 heteroatoms. The zero-order valence-electron chi connectivity index (χ0n) is 33.9. The molecule has 4 nitrogen and oxygen atoms in total. The van der Waals surface area contributed by atoms with Gasteiger partial charge in [0.1, 0.15) is 6.67 Å². The molecule has 13 atom stereocenters. The van der Waals surface area contributed by atoms with Crippen LogP contribution in [0.4, 0.5) is 4.39 Å². The Hall–Kier alpha value is -1.46. The van der Waals surface area contributed by atoms with E-state index in [0.717, 1.165) is 37.6 Å². The Morgan fingerprint density at radius 2 is 1.65 bits per heavy atom. The van der Waals surface area contributed by atoms with Crippen LogP contribution in [-0.2, 0) is 4.79 Å². The van der Waals surface area contributed by atoms with Crippen molar-refractivity contribution >= 4 is 5.97 Å². The van der Waals surface area contributed by atoms with E-state index in [1.54, 1.807) is 0 Å². The molecular weight excluding hydrogens is 646 g/mol. The predicted molar refractivity (Wildman–Crippen MR) is 208 cm³/mol. The molecule has 0 aromatic rings. The van der Waals surface area contributed by atoms with E-state index < -0.39 is 23.7 Å².